The van der Waals surface area contributed by atoms with Gasteiger partial charge in [-0.2, -0.15) is 5.10 Å². The van der Waals surface area contributed by atoms with Gasteiger partial charge in [0.1, 0.15) is 10.6 Å². The molecule has 0 atom stereocenters. The molecule has 0 unspecified atom stereocenters. The van der Waals surface area contributed by atoms with Gasteiger partial charge in [-0.05, 0) is 7.05 Å². The molecule has 2 rings (SSSR count). The number of hydrogen-bond acceptors (Lipinski definition) is 3. The summed E-state index contributed by atoms with van der Waals surface area (Å²) in [4.78, 5) is 0.189. The van der Waals surface area contributed by atoms with Crippen LogP contribution in [-0.4, -0.2) is 25.2 Å². The molecular weight excluding hydrogens is 238 g/mol. The lowest BCUT2D eigenvalue weighted by atomic mass is 10.2. The second-order valence-electron chi connectivity index (χ2n) is 3.59. The highest BCUT2D eigenvalue weighted by molar-refractivity contribution is 7.89. The van der Waals surface area contributed by atoms with Gasteiger partial charge in [0, 0.05) is 18.8 Å². The van der Waals surface area contributed by atoms with Gasteiger partial charge in [-0.25, -0.2) is 13.1 Å². The quantitative estimate of drug-likeness (QED) is 0.885. The van der Waals surface area contributed by atoms with E-state index in [4.69, 9.17) is 0 Å². The Hall–Kier alpha value is -1.66. The predicted molar refractivity (Wildman–Crippen MR) is 64.9 cm³/mol. The number of rotatable bonds is 3. The molecule has 0 aliphatic heterocycles. The van der Waals surface area contributed by atoms with E-state index in [1.165, 1.54) is 17.9 Å². The number of hydrogen-bond donors (Lipinski definition) is 1. The fourth-order valence-electron chi connectivity index (χ4n) is 1.57. The van der Waals surface area contributed by atoms with E-state index in [-0.39, 0.29) is 4.90 Å². The Morgan fingerprint density at radius 2 is 1.88 bits per heavy atom. The van der Waals surface area contributed by atoms with Crippen LogP contribution in [0, 0.1) is 0 Å². The van der Waals surface area contributed by atoms with Crippen molar-refractivity contribution in [3.8, 4) is 11.3 Å². The van der Waals surface area contributed by atoms with Crippen LogP contribution in [-0.2, 0) is 17.1 Å². The summed E-state index contributed by atoms with van der Waals surface area (Å²) in [6.07, 6.45) is 1.49. The Balaban J connectivity index is 2.64. The summed E-state index contributed by atoms with van der Waals surface area (Å²) in [6, 6.07) is 9.23. The molecule has 0 bridgehead atoms. The van der Waals surface area contributed by atoms with Crippen LogP contribution in [0.1, 0.15) is 0 Å². The maximum atomic E-state index is 11.8. The molecule has 5 nitrogen and oxygen atoms in total. The highest BCUT2D eigenvalue weighted by Crippen LogP contribution is 2.24. The second kappa shape index (κ2) is 4.31. The van der Waals surface area contributed by atoms with Crippen LogP contribution in [0.4, 0.5) is 0 Å². The summed E-state index contributed by atoms with van der Waals surface area (Å²) < 4.78 is 27.5. The number of nitrogens with zero attached hydrogens (tertiary/aromatic N) is 2. The van der Waals surface area contributed by atoms with Gasteiger partial charge in [0.2, 0.25) is 10.0 Å². The van der Waals surface area contributed by atoms with Gasteiger partial charge in [0.25, 0.3) is 0 Å². The number of sulfonamides is 1. The molecule has 6 heteroatoms. The minimum absolute atomic E-state index is 0.189. The minimum atomic E-state index is -3.49. The van der Waals surface area contributed by atoms with Gasteiger partial charge in [-0.15, -0.1) is 0 Å². The molecule has 1 aromatic carbocycles. The van der Waals surface area contributed by atoms with Crippen molar-refractivity contribution in [3.63, 3.8) is 0 Å². The molecule has 0 saturated heterocycles. The Labute approximate surface area is 100 Å². The summed E-state index contributed by atoms with van der Waals surface area (Å²) >= 11 is 0. The van der Waals surface area contributed by atoms with E-state index < -0.39 is 10.0 Å². The molecule has 1 heterocycles. The van der Waals surface area contributed by atoms with Crippen molar-refractivity contribution in [2.45, 2.75) is 4.90 Å². The monoisotopic (exact) mass is 251 g/mol. The fourth-order valence-corrected chi connectivity index (χ4v) is 2.49. The molecule has 2 aromatic rings. The van der Waals surface area contributed by atoms with Crippen molar-refractivity contribution in [2.24, 2.45) is 7.05 Å². The van der Waals surface area contributed by atoms with Crippen molar-refractivity contribution in [1.29, 1.82) is 0 Å². The van der Waals surface area contributed by atoms with Crippen molar-refractivity contribution < 1.29 is 8.42 Å². The Morgan fingerprint density at radius 3 is 2.47 bits per heavy atom. The van der Waals surface area contributed by atoms with Crippen molar-refractivity contribution >= 4 is 10.0 Å². The number of aryl methyl sites for hydroxylation is 1. The minimum Gasteiger partial charge on any atom is -0.274 e. The van der Waals surface area contributed by atoms with Crippen LogP contribution in [0.5, 0.6) is 0 Å². The molecule has 0 spiro atoms. The molecule has 17 heavy (non-hydrogen) atoms. The topological polar surface area (TPSA) is 64.0 Å². The molecule has 1 N–H and O–H groups in total. The third kappa shape index (κ3) is 2.22. The van der Waals surface area contributed by atoms with Crippen molar-refractivity contribution in [2.75, 3.05) is 7.05 Å². The van der Waals surface area contributed by atoms with E-state index in [1.807, 2.05) is 30.3 Å². The zero-order chi connectivity index (χ0) is 12.5. The zero-order valence-electron chi connectivity index (χ0n) is 9.58. The molecule has 0 amide bonds. The Kier molecular flexibility index (Phi) is 2.99. The van der Waals surface area contributed by atoms with Gasteiger partial charge in [0.15, 0.2) is 0 Å². The molecule has 0 radical (unpaired) electrons. The zero-order valence-corrected chi connectivity index (χ0v) is 10.4. The SMILES string of the molecule is CNS(=O)(=O)c1cn(C)nc1-c1ccccc1. The first-order valence-electron chi connectivity index (χ1n) is 5.07. The van der Waals surface area contributed by atoms with Crippen LogP contribution in [0.3, 0.4) is 0 Å². The molecule has 90 valence electrons. The lowest BCUT2D eigenvalue weighted by Crippen LogP contribution is -2.18. The van der Waals surface area contributed by atoms with Crippen LogP contribution >= 0.6 is 0 Å². The van der Waals surface area contributed by atoms with Crippen molar-refractivity contribution in [1.82, 2.24) is 14.5 Å². The molecular formula is C11H13N3O2S. The first-order valence-corrected chi connectivity index (χ1v) is 6.55. The first-order chi connectivity index (χ1) is 8.04. The standard InChI is InChI=1S/C11H13N3O2S/c1-12-17(15,16)10-8-14(2)13-11(10)9-6-4-3-5-7-9/h3-8,12H,1-2H3. The summed E-state index contributed by atoms with van der Waals surface area (Å²) in [6.45, 7) is 0. The third-order valence-corrected chi connectivity index (χ3v) is 3.82. The number of benzene rings is 1. The average Bonchev–Trinajstić information content (AvgIpc) is 2.73. The molecule has 0 aliphatic rings. The van der Waals surface area contributed by atoms with Gasteiger partial charge in [-0.1, -0.05) is 30.3 Å². The molecule has 1 aromatic heterocycles. The molecule has 0 saturated carbocycles. The largest absolute Gasteiger partial charge is 0.274 e. The van der Waals surface area contributed by atoms with Gasteiger partial charge in [0.05, 0.1) is 0 Å². The average molecular weight is 251 g/mol. The third-order valence-electron chi connectivity index (χ3n) is 2.40. The van der Waals surface area contributed by atoms with E-state index in [0.717, 1.165) is 5.56 Å². The second-order valence-corrected chi connectivity index (χ2v) is 5.44. The number of nitrogens with one attached hydrogen (secondary N) is 1. The molecule has 0 fully saturated rings. The Morgan fingerprint density at radius 1 is 1.24 bits per heavy atom. The van der Waals surface area contributed by atoms with Gasteiger partial charge < -0.3 is 0 Å². The van der Waals surface area contributed by atoms with Gasteiger partial charge >= 0.3 is 0 Å². The Bertz CT molecular complexity index is 617. The maximum Gasteiger partial charge on any atom is 0.244 e. The first kappa shape index (κ1) is 11.8. The molecule has 0 aliphatic carbocycles. The highest BCUT2D eigenvalue weighted by atomic mass is 32.2. The fraction of sp³-hybridized carbons (Fsp3) is 0.182. The van der Waals surface area contributed by atoms with Crippen molar-refractivity contribution in [3.05, 3.63) is 36.5 Å². The normalized spacial score (nSPS) is 11.6. The van der Waals surface area contributed by atoms with E-state index in [2.05, 4.69) is 9.82 Å². The van der Waals surface area contributed by atoms with Gasteiger partial charge in [-0.3, -0.25) is 4.68 Å². The van der Waals surface area contributed by atoms with Crippen LogP contribution in [0.15, 0.2) is 41.4 Å². The highest BCUT2D eigenvalue weighted by Gasteiger charge is 2.21. The summed E-state index contributed by atoms with van der Waals surface area (Å²) in [5.41, 5.74) is 1.24. The maximum absolute atomic E-state index is 11.8. The predicted octanol–water partition coefficient (Wildman–Crippen LogP) is 0.995. The lowest BCUT2D eigenvalue weighted by molar-refractivity contribution is 0.588. The van der Waals surface area contributed by atoms with E-state index in [1.54, 1.807) is 7.05 Å². The van der Waals surface area contributed by atoms with E-state index >= 15 is 0 Å². The van der Waals surface area contributed by atoms with Crippen LogP contribution in [0.2, 0.25) is 0 Å². The smallest absolute Gasteiger partial charge is 0.244 e. The summed E-state index contributed by atoms with van der Waals surface area (Å²) in [5.74, 6) is 0. The summed E-state index contributed by atoms with van der Waals surface area (Å²) in [7, 11) is -0.408. The number of aromatic nitrogens is 2. The van der Waals surface area contributed by atoms with Crippen LogP contribution < -0.4 is 4.72 Å². The summed E-state index contributed by atoms with van der Waals surface area (Å²) in [5, 5.41) is 4.19. The van der Waals surface area contributed by atoms with E-state index in [0.29, 0.717) is 5.69 Å². The van der Waals surface area contributed by atoms with Crippen LogP contribution in [0.25, 0.3) is 11.3 Å². The van der Waals surface area contributed by atoms with E-state index in [9.17, 15) is 8.42 Å². The lowest BCUT2D eigenvalue weighted by Gasteiger charge is -2.02.